The molecule has 2 aromatic heterocycles. The van der Waals surface area contributed by atoms with E-state index in [1.54, 1.807) is 24.3 Å². The van der Waals surface area contributed by atoms with Gasteiger partial charge in [-0.25, -0.2) is 9.59 Å². The van der Waals surface area contributed by atoms with Gasteiger partial charge in [0.05, 0.1) is 13.2 Å². The van der Waals surface area contributed by atoms with Crippen molar-refractivity contribution in [3.05, 3.63) is 138 Å². The maximum atomic E-state index is 11.6. The van der Waals surface area contributed by atoms with E-state index in [4.69, 9.17) is 18.3 Å². The summed E-state index contributed by atoms with van der Waals surface area (Å²) < 4.78 is 24.9. The Bertz CT molecular complexity index is 2110. The van der Waals surface area contributed by atoms with Crippen molar-refractivity contribution < 1.29 is 18.3 Å². The van der Waals surface area contributed by atoms with Crippen LogP contribution in [0.2, 0.25) is 0 Å². The highest BCUT2D eigenvalue weighted by Crippen LogP contribution is 2.55. The topological polar surface area (TPSA) is 78.9 Å². The Morgan fingerprint density at radius 3 is 1.39 bits per heavy atom. The van der Waals surface area contributed by atoms with E-state index in [1.165, 1.54) is 34.4 Å². The van der Waals surface area contributed by atoms with Gasteiger partial charge in [-0.2, -0.15) is 0 Å². The van der Waals surface area contributed by atoms with Crippen molar-refractivity contribution in [3.63, 3.8) is 0 Å². The van der Waals surface area contributed by atoms with Crippen LogP contribution in [0.5, 0.6) is 11.5 Å². The van der Waals surface area contributed by atoms with Crippen LogP contribution in [0.3, 0.4) is 0 Å². The van der Waals surface area contributed by atoms with Crippen LogP contribution in [-0.4, -0.2) is 13.2 Å². The summed E-state index contributed by atoms with van der Waals surface area (Å²) in [6.45, 7) is 1.25. The zero-order valence-electron chi connectivity index (χ0n) is 28.4. The summed E-state index contributed by atoms with van der Waals surface area (Å²) in [6.07, 6.45) is 10.8. The molecule has 0 saturated carbocycles. The zero-order chi connectivity index (χ0) is 35.2. The predicted octanol–water partition coefficient (Wildman–Crippen LogP) is 11.7. The number of ether oxygens (including phenoxy) is 2. The molecule has 51 heavy (non-hydrogen) atoms. The number of hydrogen-bond acceptors (Lipinski definition) is 6. The number of halogens is 2. The number of fused-ring (bicyclic) bond motifs is 5. The van der Waals surface area contributed by atoms with E-state index in [1.807, 2.05) is 24.3 Å². The largest absolute Gasteiger partial charge is 0.493 e. The van der Waals surface area contributed by atoms with Crippen LogP contribution in [0.15, 0.2) is 124 Å². The van der Waals surface area contributed by atoms with Crippen LogP contribution in [0.25, 0.3) is 33.1 Å². The van der Waals surface area contributed by atoms with Crippen molar-refractivity contribution in [1.82, 2.24) is 0 Å². The lowest BCUT2D eigenvalue weighted by molar-refractivity contribution is 0.300. The molecule has 7 rings (SSSR count). The van der Waals surface area contributed by atoms with Crippen molar-refractivity contribution in [2.45, 2.75) is 69.6 Å². The van der Waals surface area contributed by atoms with E-state index in [9.17, 15) is 9.59 Å². The van der Waals surface area contributed by atoms with Crippen molar-refractivity contribution in [2.24, 2.45) is 0 Å². The molecule has 2 heterocycles. The molecule has 262 valence electrons. The first kappa shape index (κ1) is 35.3. The molecular weight excluding hydrogens is 772 g/mol. The van der Waals surface area contributed by atoms with Crippen molar-refractivity contribution >= 4 is 53.8 Å². The molecule has 1 aliphatic carbocycles. The summed E-state index contributed by atoms with van der Waals surface area (Å²) in [6, 6.07) is 31.3. The Morgan fingerprint density at radius 2 is 0.922 bits per heavy atom. The van der Waals surface area contributed by atoms with E-state index in [0.29, 0.717) is 24.4 Å². The maximum absolute atomic E-state index is 11.6. The Morgan fingerprint density at radius 1 is 0.490 bits per heavy atom. The summed E-state index contributed by atoms with van der Waals surface area (Å²) >= 11 is 7.58. The molecule has 6 aromatic rings. The number of rotatable bonds is 16. The van der Waals surface area contributed by atoms with Gasteiger partial charge in [0, 0.05) is 49.4 Å². The molecule has 0 spiro atoms. The minimum Gasteiger partial charge on any atom is -0.493 e. The van der Waals surface area contributed by atoms with E-state index in [2.05, 4.69) is 68.3 Å². The Hall–Kier alpha value is -4.14. The lowest BCUT2D eigenvalue weighted by Crippen LogP contribution is -2.25. The second-order valence-electron chi connectivity index (χ2n) is 13.4. The van der Waals surface area contributed by atoms with E-state index in [0.717, 1.165) is 95.4 Å². The summed E-state index contributed by atoms with van der Waals surface area (Å²) in [4.78, 5) is 23.2. The van der Waals surface area contributed by atoms with Crippen LogP contribution in [0.4, 0.5) is 0 Å². The fourth-order valence-corrected chi connectivity index (χ4v) is 8.23. The second-order valence-corrected chi connectivity index (χ2v) is 15.2. The van der Waals surface area contributed by atoms with Gasteiger partial charge in [0.15, 0.2) is 0 Å². The standard InChI is InChI=1S/C43H40Br2O6/c44-31-13-17-35-36-18-14-32(45)26-38(36)43(37(35)25-31,21-5-1-3-7-23-48-33-15-9-29-11-19-41(46)50-39(29)27-33)22-6-2-4-8-24-49-34-16-10-30-12-20-42(47)51-40(30)28-34/h9-20,25-28H,1-8,21-24H2. The summed E-state index contributed by atoms with van der Waals surface area (Å²) in [5.41, 5.74) is 5.90. The second kappa shape index (κ2) is 16.0. The SMILES string of the molecule is O=c1ccc2ccc(OCCCCCCC3(CCCCCCOc4ccc5ccc(=O)oc5c4)c4cc(Br)ccc4-c4ccc(Br)cc43)cc2o1. The highest BCUT2D eigenvalue weighted by atomic mass is 79.9. The third kappa shape index (κ3) is 8.18. The Labute approximate surface area is 314 Å². The van der Waals surface area contributed by atoms with Gasteiger partial charge >= 0.3 is 11.3 Å². The van der Waals surface area contributed by atoms with Gasteiger partial charge < -0.3 is 18.3 Å². The Balaban J connectivity index is 0.947. The molecule has 0 bridgehead atoms. The number of benzene rings is 4. The van der Waals surface area contributed by atoms with Crippen molar-refractivity contribution in [2.75, 3.05) is 13.2 Å². The fourth-order valence-electron chi connectivity index (χ4n) is 7.51. The first-order chi connectivity index (χ1) is 24.9. The van der Waals surface area contributed by atoms with E-state index in [-0.39, 0.29) is 16.7 Å². The van der Waals surface area contributed by atoms with Gasteiger partial charge in [-0.05, 0) is 109 Å². The fraction of sp³-hybridized carbons (Fsp3) is 0.302. The lowest BCUT2D eigenvalue weighted by Gasteiger charge is -2.33. The molecule has 1 aliphatic rings. The molecule has 8 heteroatoms. The predicted molar refractivity (Wildman–Crippen MR) is 210 cm³/mol. The van der Waals surface area contributed by atoms with Crippen LogP contribution >= 0.6 is 31.9 Å². The van der Waals surface area contributed by atoms with Crippen LogP contribution in [0.1, 0.15) is 75.3 Å². The monoisotopic (exact) mass is 810 g/mol. The van der Waals surface area contributed by atoms with E-state index < -0.39 is 0 Å². The molecule has 0 saturated heterocycles. The molecule has 4 aromatic carbocycles. The quantitative estimate of drug-likeness (QED) is 0.0715. The highest BCUT2D eigenvalue weighted by molar-refractivity contribution is 9.10. The zero-order valence-corrected chi connectivity index (χ0v) is 31.6. The Kier molecular flexibility index (Phi) is 11.1. The van der Waals surface area contributed by atoms with Crippen LogP contribution in [0, 0.1) is 0 Å². The van der Waals surface area contributed by atoms with E-state index >= 15 is 0 Å². The van der Waals surface area contributed by atoms with Gasteiger partial charge in [0.2, 0.25) is 0 Å². The van der Waals surface area contributed by atoms with Crippen molar-refractivity contribution in [3.8, 4) is 22.6 Å². The van der Waals surface area contributed by atoms with Crippen LogP contribution < -0.4 is 20.7 Å². The van der Waals surface area contributed by atoms with Crippen molar-refractivity contribution in [1.29, 1.82) is 0 Å². The smallest absolute Gasteiger partial charge is 0.336 e. The summed E-state index contributed by atoms with van der Waals surface area (Å²) in [7, 11) is 0. The maximum Gasteiger partial charge on any atom is 0.336 e. The average molecular weight is 813 g/mol. The molecule has 6 nitrogen and oxygen atoms in total. The summed E-state index contributed by atoms with van der Waals surface area (Å²) in [5.74, 6) is 1.45. The minimum atomic E-state index is -0.355. The average Bonchev–Trinajstić information content (AvgIpc) is 3.38. The van der Waals surface area contributed by atoms with Gasteiger partial charge in [-0.1, -0.05) is 82.5 Å². The lowest BCUT2D eigenvalue weighted by atomic mass is 9.70. The molecule has 0 radical (unpaired) electrons. The molecule has 0 fully saturated rings. The van der Waals surface area contributed by atoms with Gasteiger partial charge in [0.1, 0.15) is 22.7 Å². The van der Waals surface area contributed by atoms with Gasteiger partial charge in [0.25, 0.3) is 0 Å². The third-order valence-corrected chi connectivity index (χ3v) is 11.0. The summed E-state index contributed by atoms with van der Waals surface area (Å²) in [5, 5.41) is 1.77. The third-order valence-electron chi connectivity index (χ3n) is 10.0. The number of hydrogen-bond donors (Lipinski definition) is 0. The van der Waals surface area contributed by atoms with Gasteiger partial charge in [-0.3, -0.25) is 0 Å². The highest BCUT2D eigenvalue weighted by Gasteiger charge is 2.42. The number of unbranched alkanes of at least 4 members (excludes halogenated alkanes) is 6. The normalized spacial score (nSPS) is 13.0. The molecule has 0 amide bonds. The first-order valence-electron chi connectivity index (χ1n) is 17.8. The van der Waals surface area contributed by atoms with Gasteiger partial charge in [-0.15, -0.1) is 0 Å². The minimum absolute atomic E-state index is 0.0464. The first-order valence-corrected chi connectivity index (χ1v) is 19.4. The molecule has 0 atom stereocenters. The molecule has 0 aliphatic heterocycles. The van der Waals surface area contributed by atoms with Crippen LogP contribution in [-0.2, 0) is 5.41 Å². The molecular formula is C43H40Br2O6. The molecule has 0 unspecified atom stereocenters. The molecule has 0 N–H and O–H groups in total.